The van der Waals surface area contributed by atoms with Gasteiger partial charge in [0.15, 0.2) is 5.96 Å². The van der Waals surface area contributed by atoms with Crippen molar-refractivity contribution in [2.75, 3.05) is 33.2 Å². The molecule has 21 heavy (non-hydrogen) atoms. The van der Waals surface area contributed by atoms with Gasteiger partial charge in [-0.2, -0.15) is 0 Å². The zero-order chi connectivity index (χ0) is 14.5. The van der Waals surface area contributed by atoms with Crippen LogP contribution in [0.5, 0.6) is 0 Å². The van der Waals surface area contributed by atoms with Crippen LogP contribution in [0.15, 0.2) is 29.3 Å². The van der Waals surface area contributed by atoms with Crippen molar-refractivity contribution in [3.63, 3.8) is 0 Å². The molecule has 1 aromatic rings. The second-order valence-corrected chi connectivity index (χ2v) is 6.12. The molecule has 1 aliphatic carbocycles. The van der Waals surface area contributed by atoms with E-state index in [2.05, 4.69) is 44.8 Å². The third-order valence-corrected chi connectivity index (χ3v) is 4.41. The third kappa shape index (κ3) is 4.21. The Morgan fingerprint density at radius 3 is 2.81 bits per heavy atom. The first-order valence-corrected chi connectivity index (χ1v) is 8.09. The summed E-state index contributed by atoms with van der Waals surface area (Å²) in [7, 11) is 1.85. The number of guanidine groups is 1. The Bertz CT molecular complexity index is 493. The maximum absolute atomic E-state index is 4.28. The first-order chi connectivity index (χ1) is 10.3. The van der Waals surface area contributed by atoms with E-state index in [1.54, 1.807) is 0 Å². The molecular formula is C17H26N4. The van der Waals surface area contributed by atoms with Crippen molar-refractivity contribution in [2.45, 2.75) is 25.8 Å². The smallest absolute Gasteiger partial charge is 0.191 e. The van der Waals surface area contributed by atoms with Gasteiger partial charge in [0.1, 0.15) is 0 Å². The highest BCUT2D eigenvalue weighted by Gasteiger charge is 2.21. The average molecular weight is 286 g/mol. The monoisotopic (exact) mass is 286 g/mol. The molecule has 4 heteroatoms. The Hall–Kier alpha value is -1.55. The minimum atomic E-state index is 0.877. The van der Waals surface area contributed by atoms with Crippen LogP contribution in [0.1, 0.15) is 24.0 Å². The molecule has 2 aliphatic rings. The molecule has 1 saturated carbocycles. The van der Waals surface area contributed by atoms with Crippen LogP contribution in [-0.2, 0) is 13.0 Å². The quantitative estimate of drug-likeness (QED) is 0.638. The first-order valence-electron chi connectivity index (χ1n) is 8.09. The topological polar surface area (TPSA) is 39.7 Å². The van der Waals surface area contributed by atoms with Crippen molar-refractivity contribution in [3.8, 4) is 0 Å². The van der Waals surface area contributed by atoms with Gasteiger partial charge in [0.2, 0.25) is 0 Å². The Labute approximate surface area is 127 Å². The molecule has 1 aromatic carbocycles. The van der Waals surface area contributed by atoms with Gasteiger partial charge in [-0.1, -0.05) is 24.3 Å². The summed E-state index contributed by atoms with van der Waals surface area (Å²) in [5.41, 5.74) is 3.00. The number of hydrogen-bond donors (Lipinski definition) is 2. The van der Waals surface area contributed by atoms with Crippen LogP contribution < -0.4 is 10.6 Å². The Balaban J connectivity index is 1.39. The van der Waals surface area contributed by atoms with Crippen molar-refractivity contribution in [3.05, 3.63) is 35.4 Å². The number of hydrogen-bond acceptors (Lipinski definition) is 2. The van der Waals surface area contributed by atoms with Gasteiger partial charge < -0.3 is 10.6 Å². The zero-order valence-electron chi connectivity index (χ0n) is 12.9. The second-order valence-electron chi connectivity index (χ2n) is 6.12. The van der Waals surface area contributed by atoms with Crippen molar-refractivity contribution in [2.24, 2.45) is 10.9 Å². The number of aliphatic imine (C=N–C) groups is 1. The Morgan fingerprint density at radius 1 is 1.24 bits per heavy atom. The highest BCUT2D eigenvalue weighted by Crippen LogP contribution is 2.27. The Kier molecular flexibility index (Phi) is 4.76. The molecule has 0 bridgehead atoms. The molecule has 2 N–H and O–H groups in total. The van der Waals surface area contributed by atoms with Gasteiger partial charge in [-0.05, 0) is 36.3 Å². The van der Waals surface area contributed by atoms with Crippen LogP contribution in [0.3, 0.4) is 0 Å². The van der Waals surface area contributed by atoms with Gasteiger partial charge in [0, 0.05) is 39.8 Å². The van der Waals surface area contributed by atoms with E-state index in [4.69, 9.17) is 0 Å². The maximum Gasteiger partial charge on any atom is 0.191 e. The van der Waals surface area contributed by atoms with Crippen LogP contribution in [0.2, 0.25) is 0 Å². The van der Waals surface area contributed by atoms with Crippen LogP contribution in [-0.4, -0.2) is 44.1 Å². The molecule has 0 saturated heterocycles. The molecule has 0 amide bonds. The van der Waals surface area contributed by atoms with Crippen LogP contribution >= 0.6 is 0 Å². The minimum Gasteiger partial charge on any atom is -0.356 e. The normalized spacial score (nSPS) is 19.2. The van der Waals surface area contributed by atoms with Gasteiger partial charge in [0.05, 0.1) is 0 Å². The number of benzene rings is 1. The van der Waals surface area contributed by atoms with Crippen molar-refractivity contribution < 1.29 is 0 Å². The van der Waals surface area contributed by atoms with Gasteiger partial charge in [-0.3, -0.25) is 9.89 Å². The minimum absolute atomic E-state index is 0.877. The lowest BCUT2D eigenvalue weighted by Crippen LogP contribution is -2.43. The predicted molar refractivity (Wildman–Crippen MR) is 87.5 cm³/mol. The van der Waals surface area contributed by atoms with Gasteiger partial charge >= 0.3 is 0 Å². The van der Waals surface area contributed by atoms with E-state index in [0.717, 1.165) is 44.6 Å². The van der Waals surface area contributed by atoms with Crippen molar-refractivity contribution in [1.29, 1.82) is 0 Å². The van der Waals surface area contributed by atoms with E-state index in [1.165, 1.54) is 30.4 Å². The number of nitrogens with zero attached hydrogens (tertiary/aromatic N) is 2. The average Bonchev–Trinajstić information content (AvgIpc) is 3.35. The fourth-order valence-electron chi connectivity index (χ4n) is 2.86. The van der Waals surface area contributed by atoms with E-state index < -0.39 is 0 Å². The highest BCUT2D eigenvalue weighted by atomic mass is 15.2. The molecule has 0 atom stereocenters. The molecule has 0 unspecified atom stereocenters. The van der Waals surface area contributed by atoms with Crippen LogP contribution in [0, 0.1) is 5.92 Å². The summed E-state index contributed by atoms with van der Waals surface area (Å²) in [6, 6.07) is 8.80. The molecule has 0 aromatic heterocycles. The second kappa shape index (κ2) is 6.94. The van der Waals surface area contributed by atoms with Gasteiger partial charge in [0.25, 0.3) is 0 Å². The summed E-state index contributed by atoms with van der Waals surface area (Å²) in [6.07, 6.45) is 3.92. The lowest BCUT2D eigenvalue weighted by atomic mass is 10.00. The number of rotatable bonds is 5. The number of nitrogens with one attached hydrogen (secondary N) is 2. The Morgan fingerprint density at radius 2 is 2.05 bits per heavy atom. The van der Waals surface area contributed by atoms with Gasteiger partial charge in [-0.25, -0.2) is 0 Å². The molecule has 1 fully saturated rings. The first kappa shape index (κ1) is 14.4. The largest absolute Gasteiger partial charge is 0.356 e. The molecule has 4 nitrogen and oxygen atoms in total. The standard InChI is InChI=1S/C17H26N4/c1-18-17(20-12-14-6-7-14)19-9-11-21-10-8-15-4-2-3-5-16(15)13-21/h2-5,14H,6-13H2,1H3,(H2,18,19,20). The van der Waals surface area contributed by atoms with E-state index in [9.17, 15) is 0 Å². The maximum atomic E-state index is 4.28. The van der Waals surface area contributed by atoms with Crippen molar-refractivity contribution >= 4 is 5.96 Å². The summed E-state index contributed by atoms with van der Waals surface area (Å²) in [5.74, 6) is 1.82. The van der Waals surface area contributed by atoms with E-state index >= 15 is 0 Å². The van der Waals surface area contributed by atoms with E-state index in [0.29, 0.717) is 0 Å². The predicted octanol–water partition coefficient (Wildman–Crippen LogP) is 1.62. The SMILES string of the molecule is CN=C(NCCN1CCc2ccccc2C1)NCC1CC1. The summed E-state index contributed by atoms with van der Waals surface area (Å²) < 4.78 is 0. The van der Waals surface area contributed by atoms with E-state index in [-0.39, 0.29) is 0 Å². The highest BCUT2D eigenvalue weighted by molar-refractivity contribution is 5.79. The summed E-state index contributed by atoms with van der Waals surface area (Å²) >= 11 is 0. The van der Waals surface area contributed by atoms with Gasteiger partial charge in [-0.15, -0.1) is 0 Å². The summed E-state index contributed by atoms with van der Waals surface area (Å²) in [5, 5.41) is 6.83. The lowest BCUT2D eigenvalue weighted by molar-refractivity contribution is 0.258. The fourth-order valence-corrected chi connectivity index (χ4v) is 2.86. The van der Waals surface area contributed by atoms with Crippen LogP contribution in [0.4, 0.5) is 0 Å². The third-order valence-electron chi connectivity index (χ3n) is 4.41. The fraction of sp³-hybridized carbons (Fsp3) is 0.588. The molecule has 0 radical (unpaired) electrons. The molecule has 3 rings (SSSR count). The molecule has 1 aliphatic heterocycles. The van der Waals surface area contributed by atoms with Crippen LogP contribution in [0.25, 0.3) is 0 Å². The molecular weight excluding hydrogens is 260 g/mol. The zero-order valence-corrected chi connectivity index (χ0v) is 12.9. The molecule has 0 spiro atoms. The molecule has 114 valence electrons. The van der Waals surface area contributed by atoms with Crippen molar-refractivity contribution in [1.82, 2.24) is 15.5 Å². The lowest BCUT2D eigenvalue weighted by Gasteiger charge is -2.28. The summed E-state index contributed by atoms with van der Waals surface area (Å²) in [6.45, 7) is 5.32. The van der Waals surface area contributed by atoms with E-state index in [1.807, 2.05) is 7.05 Å². The number of fused-ring (bicyclic) bond motifs is 1. The molecule has 1 heterocycles. The summed E-state index contributed by atoms with van der Waals surface area (Å²) in [4.78, 5) is 6.80.